The Morgan fingerprint density at radius 3 is 2.67 bits per heavy atom. The molecule has 33 heavy (non-hydrogen) atoms. The maximum Gasteiger partial charge on any atom is 0.266 e. The van der Waals surface area contributed by atoms with Gasteiger partial charge in [-0.3, -0.25) is 4.79 Å². The van der Waals surface area contributed by atoms with Gasteiger partial charge in [-0.25, -0.2) is 18.7 Å². The number of thiazole rings is 1. The Kier molecular flexibility index (Phi) is 5.31. The van der Waals surface area contributed by atoms with Crippen molar-refractivity contribution >= 4 is 44.6 Å². The van der Waals surface area contributed by atoms with E-state index in [1.165, 1.54) is 29.7 Å². The highest BCUT2D eigenvalue weighted by molar-refractivity contribution is 7.14. The second kappa shape index (κ2) is 8.44. The van der Waals surface area contributed by atoms with Crippen molar-refractivity contribution in [1.82, 2.24) is 15.0 Å². The smallest absolute Gasteiger partial charge is 0.266 e. The Morgan fingerprint density at radius 2 is 1.88 bits per heavy atom. The topological polar surface area (TPSA) is 73.9 Å². The first kappa shape index (κ1) is 20.8. The molecule has 0 radical (unpaired) electrons. The van der Waals surface area contributed by atoms with Crippen LogP contribution in [0, 0.1) is 11.6 Å². The number of benzene rings is 3. The van der Waals surface area contributed by atoms with E-state index in [2.05, 4.69) is 20.3 Å². The van der Waals surface area contributed by atoms with Gasteiger partial charge >= 0.3 is 0 Å². The highest BCUT2D eigenvalue weighted by atomic mass is 32.1. The molecule has 0 saturated carbocycles. The number of anilines is 4. The van der Waals surface area contributed by atoms with Gasteiger partial charge in [-0.1, -0.05) is 18.2 Å². The number of aromatic amines is 1. The van der Waals surface area contributed by atoms with Crippen LogP contribution in [0.15, 0.2) is 77.0 Å². The van der Waals surface area contributed by atoms with E-state index in [0.717, 1.165) is 17.4 Å². The highest BCUT2D eigenvalue weighted by Crippen LogP contribution is 2.37. The van der Waals surface area contributed by atoms with Crippen LogP contribution in [0.1, 0.15) is 0 Å². The third-order valence-corrected chi connectivity index (χ3v) is 5.91. The van der Waals surface area contributed by atoms with Gasteiger partial charge in [0.05, 0.1) is 34.3 Å². The number of nitrogens with one attached hydrogen (secondary N) is 2. The van der Waals surface area contributed by atoms with Crippen molar-refractivity contribution in [3.05, 3.63) is 94.2 Å². The lowest BCUT2D eigenvalue weighted by atomic mass is 10.1. The lowest BCUT2D eigenvalue weighted by Gasteiger charge is -2.23. The molecule has 6 nitrogen and oxygen atoms in total. The van der Waals surface area contributed by atoms with Crippen LogP contribution in [-0.4, -0.2) is 22.0 Å². The van der Waals surface area contributed by atoms with E-state index in [1.807, 2.05) is 48.3 Å². The predicted octanol–water partition coefficient (Wildman–Crippen LogP) is 5.84. The van der Waals surface area contributed by atoms with E-state index >= 15 is 0 Å². The van der Waals surface area contributed by atoms with Gasteiger partial charge in [0.1, 0.15) is 11.6 Å². The Morgan fingerprint density at radius 1 is 1.06 bits per heavy atom. The summed E-state index contributed by atoms with van der Waals surface area (Å²) in [6.07, 6.45) is 1.24. The molecule has 0 atom stereocenters. The Balaban J connectivity index is 1.57. The third-order valence-electron chi connectivity index (χ3n) is 5.15. The van der Waals surface area contributed by atoms with Gasteiger partial charge in [0.25, 0.3) is 5.56 Å². The molecule has 2 heterocycles. The summed E-state index contributed by atoms with van der Waals surface area (Å²) in [5.74, 6) is -1.32. The lowest BCUT2D eigenvalue weighted by Crippen LogP contribution is -2.12. The van der Waals surface area contributed by atoms with Crippen LogP contribution < -0.4 is 15.8 Å². The fourth-order valence-electron chi connectivity index (χ4n) is 3.51. The molecule has 2 N–H and O–H groups in total. The molecule has 164 valence electrons. The molecule has 3 aromatic carbocycles. The molecule has 0 amide bonds. The molecular weight excluding hydrogens is 444 g/mol. The molecule has 0 fully saturated rings. The van der Waals surface area contributed by atoms with E-state index in [1.54, 1.807) is 11.4 Å². The zero-order valence-electron chi connectivity index (χ0n) is 17.3. The molecule has 0 aliphatic carbocycles. The van der Waals surface area contributed by atoms with Crippen molar-refractivity contribution in [2.45, 2.75) is 0 Å². The zero-order valence-corrected chi connectivity index (χ0v) is 18.2. The van der Waals surface area contributed by atoms with E-state index in [9.17, 15) is 13.6 Å². The molecule has 2 aromatic heterocycles. The average molecular weight is 461 g/mol. The summed E-state index contributed by atoms with van der Waals surface area (Å²) in [5.41, 5.74) is 3.94. The predicted molar refractivity (Wildman–Crippen MR) is 128 cm³/mol. The SMILES string of the molecule is CN(c1ccccc1)c1cc2ncc(=O)[nH]c2cc1Nc1nc(-c2ccc(F)cc2F)cs1. The average Bonchev–Trinajstić information content (AvgIpc) is 3.27. The van der Waals surface area contributed by atoms with E-state index in [4.69, 9.17) is 0 Å². The van der Waals surface area contributed by atoms with Gasteiger partial charge in [0, 0.05) is 29.7 Å². The number of hydrogen-bond acceptors (Lipinski definition) is 6. The first-order valence-electron chi connectivity index (χ1n) is 9.98. The first-order chi connectivity index (χ1) is 16.0. The minimum Gasteiger partial charge on any atom is -0.343 e. The van der Waals surface area contributed by atoms with Crippen LogP contribution in [0.5, 0.6) is 0 Å². The van der Waals surface area contributed by atoms with Crippen molar-refractivity contribution in [2.24, 2.45) is 0 Å². The summed E-state index contributed by atoms with van der Waals surface area (Å²) in [6.45, 7) is 0. The third kappa shape index (κ3) is 4.18. The van der Waals surface area contributed by atoms with Gasteiger partial charge in [0.2, 0.25) is 0 Å². The number of aromatic nitrogens is 3. The van der Waals surface area contributed by atoms with Gasteiger partial charge in [-0.05, 0) is 36.4 Å². The van der Waals surface area contributed by atoms with Crippen molar-refractivity contribution < 1.29 is 8.78 Å². The molecule has 0 spiro atoms. The highest BCUT2D eigenvalue weighted by Gasteiger charge is 2.15. The molecule has 5 aromatic rings. The fourth-order valence-corrected chi connectivity index (χ4v) is 4.24. The van der Waals surface area contributed by atoms with E-state index in [0.29, 0.717) is 27.5 Å². The molecule has 0 bridgehead atoms. The van der Waals surface area contributed by atoms with Crippen molar-refractivity contribution in [2.75, 3.05) is 17.3 Å². The summed E-state index contributed by atoms with van der Waals surface area (Å²) in [6, 6.07) is 16.8. The second-order valence-electron chi connectivity index (χ2n) is 7.32. The van der Waals surface area contributed by atoms with Crippen LogP contribution in [0.3, 0.4) is 0 Å². The summed E-state index contributed by atoms with van der Waals surface area (Å²) in [5, 5.41) is 5.49. The Labute approximate surface area is 191 Å². The molecule has 0 saturated heterocycles. The number of fused-ring (bicyclic) bond motifs is 1. The van der Waals surface area contributed by atoms with Crippen molar-refractivity contribution in [1.29, 1.82) is 0 Å². The molecule has 0 aliphatic rings. The quantitative estimate of drug-likeness (QED) is 0.344. The van der Waals surface area contributed by atoms with Crippen molar-refractivity contribution in [3.8, 4) is 11.3 Å². The molecule has 5 rings (SSSR count). The Bertz CT molecular complexity index is 1520. The van der Waals surface area contributed by atoms with E-state index < -0.39 is 11.6 Å². The number of hydrogen-bond donors (Lipinski definition) is 2. The number of rotatable bonds is 5. The monoisotopic (exact) mass is 461 g/mol. The summed E-state index contributed by atoms with van der Waals surface area (Å²) >= 11 is 1.29. The maximum atomic E-state index is 14.2. The number of halogens is 2. The van der Waals surface area contributed by atoms with Crippen LogP contribution in [0.2, 0.25) is 0 Å². The molecular formula is C24H17F2N5OS. The normalized spacial score (nSPS) is 11.0. The van der Waals surface area contributed by atoms with Crippen LogP contribution in [0.4, 0.5) is 31.0 Å². The minimum absolute atomic E-state index is 0.217. The summed E-state index contributed by atoms with van der Waals surface area (Å²) < 4.78 is 27.5. The van der Waals surface area contributed by atoms with Gasteiger partial charge in [-0.15, -0.1) is 11.3 Å². The largest absolute Gasteiger partial charge is 0.343 e. The standard InChI is InChI=1S/C24H17F2N5OS/c1-31(15-5-3-2-4-6-15)22-11-18-19(28-23(32)12-27-18)10-20(22)29-24-30-21(13-33-24)16-8-7-14(25)9-17(16)26/h2-13H,1H3,(H,28,32)(H,29,30). The van der Waals surface area contributed by atoms with E-state index in [-0.39, 0.29) is 11.1 Å². The summed E-state index contributed by atoms with van der Waals surface area (Å²) in [4.78, 5) is 25.3. The number of para-hydroxylation sites is 1. The zero-order chi connectivity index (χ0) is 22.9. The number of nitrogens with zero attached hydrogens (tertiary/aromatic N) is 3. The molecule has 0 unspecified atom stereocenters. The molecule has 0 aliphatic heterocycles. The van der Waals surface area contributed by atoms with Gasteiger partial charge in [0.15, 0.2) is 5.13 Å². The van der Waals surface area contributed by atoms with Gasteiger partial charge in [-0.2, -0.15) is 0 Å². The maximum absolute atomic E-state index is 14.2. The van der Waals surface area contributed by atoms with Crippen molar-refractivity contribution in [3.63, 3.8) is 0 Å². The van der Waals surface area contributed by atoms with Crippen LogP contribution in [-0.2, 0) is 0 Å². The minimum atomic E-state index is -0.675. The Hall–Kier alpha value is -4.11. The molecule has 9 heteroatoms. The summed E-state index contributed by atoms with van der Waals surface area (Å²) in [7, 11) is 1.93. The van der Waals surface area contributed by atoms with Crippen LogP contribution in [0.25, 0.3) is 22.3 Å². The fraction of sp³-hybridized carbons (Fsp3) is 0.0417. The first-order valence-corrected chi connectivity index (χ1v) is 10.9. The second-order valence-corrected chi connectivity index (χ2v) is 8.17. The van der Waals surface area contributed by atoms with Gasteiger partial charge < -0.3 is 15.2 Å². The lowest BCUT2D eigenvalue weighted by molar-refractivity contribution is 0.585. The number of H-pyrrole nitrogens is 1. The van der Waals surface area contributed by atoms with Crippen LogP contribution >= 0.6 is 11.3 Å².